The lowest BCUT2D eigenvalue weighted by atomic mass is 10.1. The first-order valence-corrected chi connectivity index (χ1v) is 10.0. The number of hydrogen-bond acceptors (Lipinski definition) is 5. The maximum Gasteiger partial charge on any atom is 0.294 e. The molecule has 2 aromatic carbocycles. The van der Waals surface area contributed by atoms with Crippen LogP contribution in [0.1, 0.15) is 23.6 Å². The standard InChI is InChI=1S/C22H22N2O4S/c1-4-28-17-10-8-16(9-11-17)12-19-21(26)24(22(27)29-19)13-20(25)23-18-7-5-6-14(2)15(18)3/h5-12H,4,13H2,1-3H3,(H,23,25)/b19-12+. The summed E-state index contributed by atoms with van der Waals surface area (Å²) in [6, 6.07) is 12.8. The second-order valence-electron chi connectivity index (χ2n) is 6.57. The Morgan fingerprint density at radius 2 is 1.86 bits per heavy atom. The van der Waals surface area contributed by atoms with Gasteiger partial charge < -0.3 is 10.1 Å². The molecule has 1 aliphatic rings. The van der Waals surface area contributed by atoms with Crippen molar-refractivity contribution < 1.29 is 19.1 Å². The van der Waals surface area contributed by atoms with Crippen LogP contribution < -0.4 is 10.1 Å². The molecule has 0 radical (unpaired) electrons. The minimum Gasteiger partial charge on any atom is -0.494 e. The topological polar surface area (TPSA) is 75.7 Å². The molecule has 0 aromatic heterocycles. The molecule has 3 rings (SSSR count). The van der Waals surface area contributed by atoms with Crippen LogP contribution in [-0.4, -0.2) is 35.1 Å². The first-order chi connectivity index (χ1) is 13.9. The summed E-state index contributed by atoms with van der Waals surface area (Å²) in [6.45, 7) is 6.01. The van der Waals surface area contributed by atoms with Gasteiger partial charge in [-0.25, -0.2) is 0 Å². The fourth-order valence-corrected chi connectivity index (χ4v) is 3.67. The van der Waals surface area contributed by atoms with Crippen molar-refractivity contribution in [3.05, 3.63) is 64.1 Å². The molecule has 1 saturated heterocycles. The van der Waals surface area contributed by atoms with Gasteiger partial charge in [0.15, 0.2) is 0 Å². The number of carbonyl (C=O) groups excluding carboxylic acids is 3. The first kappa shape index (κ1) is 20.7. The molecular formula is C22H22N2O4S. The molecule has 0 saturated carbocycles. The first-order valence-electron chi connectivity index (χ1n) is 9.23. The van der Waals surface area contributed by atoms with E-state index in [1.807, 2.05) is 45.0 Å². The van der Waals surface area contributed by atoms with Crippen LogP contribution >= 0.6 is 11.8 Å². The van der Waals surface area contributed by atoms with Gasteiger partial charge in [0, 0.05) is 5.69 Å². The predicted octanol–water partition coefficient (Wildman–Crippen LogP) is 4.38. The lowest BCUT2D eigenvalue weighted by molar-refractivity contribution is -0.127. The Bertz CT molecular complexity index is 983. The second-order valence-corrected chi connectivity index (χ2v) is 7.56. The van der Waals surface area contributed by atoms with Gasteiger partial charge in [0.2, 0.25) is 5.91 Å². The molecule has 3 amide bonds. The summed E-state index contributed by atoms with van der Waals surface area (Å²) in [5.74, 6) is -0.144. The number of rotatable bonds is 6. The highest BCUT2D eigenvalue weighted by molar-refractivity contribution is 8.18. The van der Waals surface area contributed by atoms with E-state index < -0.39 is 17.1 Å². The molecule has 0 unspecified atom stereocenters. The van der Waals surface area contributed by atoms with E-state index in [2.05, 4.69) is 5.32 Å². The number of anilines is 1. The Morgan fingerprint density at radius 3 is 2.55 bits per heavy atom. The molecule has 1 fully saturated rings. The monoisotopic (exact) mass is 410 g/mol. The van der Waals surface area contributed by atoms with Crippen LogP contribution in [0.25, 0.3) is 6.08 Å². The quantitative estimate of drug-likeness (QED) is 0.716. The zero-order chi connectivity index (χ0) is 21.0. The van der Waals surface area contributed by atoms with Crippen LogP contribution in [0.5, 0.6) is 5.75 Å². The van der Waals surface area contributed by atoms with Gasteiger partial charge in [-0.15, -0.1) is 0 Å². The van der Waals surface area contributed by atoms with Crippen molar-refractivity contribution in [3.8, 4) is 5.75 Å². The minimum atomic E-state index is -0.468. The Balaban J connectivity index is 1.68. The molecule has 6 nitrogen and oxygen atoms in total. The molecule has 150 valence electrons. The third kappa shape index (κ3) is 4.86. The number of benzene rings is 2. The van der Waals surface area contributed by atoms with Gasteiger partial charge in [-0.05, 0) is 73.5 Å². The maximum absolute atomic E-state index is 12.6. The fraction of sp³-hybridized carbons (Fsp3) is 0.227. The molecule has 1 N–H and O–H groups in total. The number of nitrogens with zero attached hydrogens (tertiary/aromatic N) is 1. The number of amides is 3. The predicted molar refractivity (Wildman–Crippen MR) is 115 cm³/mol. The highest BCUT2D eigenvalue weighted by Crippen LogP contribution is 2.32. The van der Waals surface area contributed by atoms with Crippen LogP contribution in [-0.2, 0) is 9.59 Å². The Hall–Kier alpha value is -3.06. The zero-order valence-electron chi connectivity index (χ0n) is 16.5. The van der Waals surface area contributed by atoms with Crippen LogP contribution in [0.15, 0.2) is 47.4 Å². The summed E-state index contributed by atoms with van der Waals surface area (Å²) < 4.78 is 5.39. The van der Waals surface area contributed by atoms with Crippen LogP contribution in [0.4, 0.5) is 10.5 Å². The Kier molecular flexibility index (Phi) is 6.39. The van der Waals surface area contributed by atoms with E-state index >= 15 is 0 Å². The molecule has 2 aromatic rings. The average Bonchev–Trinajstić information content (AvgIpc) is 2.94. The van der Waals surface area contributed by atoms with E-state index in [9.17, 15) is 14.4 Å². The van der Waals surface area contributed by atoms with Gasteiger partial charge in [-0.1, -0.05) is 24.3 Å². The smallest absolute Gasteiger partial charge is 0.294 e. The van der Waals surface area contributed by atoms with E-state index in [0.29, 0.717) is 17.2 Å². The van der Waals surface area contributed by atoms with E-state index in [1.54, 1.807) is 24.3 Å². The van der Waals surface area contributed by atoms with Gasteiger partial charge >= 0.3 is 0 Å². The number of aryl methyl sites for hydroxylation is 1. The van der Waals surface area contributed by atoms with Gasteiger partial charge in [-0.3, -0.25) is 19.3 Å². The van der Waals surface area contributed by atoms with Crippen LogP contribution in [0.2, 0.25) is 0 Å². The number of hydrogen-bond donors (Lipinski definition) is 1. The maximum atomic E-state index is 12.6. The van der Waals surface area contributed by atoms with Crippen LogP contribution in [0.3, 0.4) is 0 Å². The number of carbonyl (C=O) groups is 3. The highest BCUT2D eigenvalue weighted by Gasteiger charge is 2.36. The number of imide groups is 1. The summed E-state index contributed by atoms with van der Waals surface area (Å²) in [4.78, 5) is 38.5. The molecule has 0 atom stereocenters. The van der Waals surface area contributed by atoms with Crippen molar-refractivity contribution in [1.29, 1.82) is 0 Å². The van der Waals surface area contributed by atoms with Crippen molar-refractivity contribution in [2.45, 2.75) is 20.8 Å². The molecular weight excluding hydrogens is 388 g/mol. The largest absolute Gasteiger partial charge is 0.494 e. The lowest BCUT2D eigenvalue weighted by Crippen LogP contribution is -2.36. The SMILES string of the molecule is CCOc1ccc(/C=C2/SC(=O)N(CC(=O)Nc3cccc(C)c3C)C2=O)cc1. The molecule has 0 aliphatic carbocycles. The van der Waals surface area contributed by atoms with Gasteiger partial charge in [0.1, 0.15) is 12.3 Å². The van der Waals surface area contributed by atoms with Crippen molar-refractivity contribution >= 4 is 40.6 Å². The van der Waals surface area contributed by atoms with E-state index in [-0.39, 0.29) is 6.54 Å². The van der Waals surface area contributed by atoms with E-state index in [0.717, 1.165) is 39.1 Å². The summed E-state index contributed by atoms with van der Waals surface area (Å²) in [5, 5.41) is 2.32. The number of ether oxygens (including phenoxy) is 1. The van der Waals surface area contributed by atoms with Crippen molar-refractivity contribution in [2.75, 3.05) is 18.5 Å². The second kappa shape index (κ2) is 8.96. The summed E-state index contributed by atoms with van der Waals surface area (Å²) in [6.07, 6.45) is 1.64. The summed E-state index contributed by atoms with van der Waals surface area (Å²) >= 11 is 0.832. The average molecular weight is 410 g/mol. The minimum absolute atomic E-state index is 0.290. The van der Waals surface area contributed by atoms with Gasteiger partial charge in [0.25, 0.3) is 11.1 Å². The number of nitrogens with one attached hydrogen (secondary N) is 1. The highest BCUT2D eigenvalue weighted by atomic mass is 32.2. The molecule has 1 aliphatic heterocycles. The third-order valence-electron chi connectivity index (χ3n) is 4.54. The third-order valence-corrected chi connectivity index (χ3v) is 5.45. The lowest BCUT2D eigenvalue weighted by Gasteiger charge is -2.14. The van der Waals surface area contributed by atoms with Gasteiger partial charge in [0.05, 0.1) is 11.5 Å². The Morgan fingerprint density at radius 1 is 1.14 bits per heavy atom. The summed E-state index contributed by atoms with van der Waals surface area (Å²) in [7, 11) is 0. The molecule has 29 heavy (non-hydrogen) atoms. The molecule has 1 heterocycles. The number of thioether (sulfide) groups is 1. The van der Waals surface area contributed by atoms with Crippen LogP contribution in [0, 0.1) is 13.8 Å². The molecule has 0 bridgehead atoms. The molecule has 0 spiro atoms. The van der Waals surface area contributed by atoms with E-state index in [1.165, 1.54) is 0 Å². The molecule has 7 heteroatoms. The fourth-order valence-electron chi connectivity index (χ4n) is 2.83. The Labute approximate surface area is 173 Å². The summed E-state index contributed by atoms with van der Waals surface area (Å²) in [5.41, 5.74) is 3.45. The zero-order valence-corrected chi connectivity index (χ0v) is 17.3. The van der Waals surface area contributed by atoms with Crippen molar-refractivity contribution in [2.24, 2.45) is 0 Å². The van der Waals surface area contributed by atoms with E-state index in [4.69, 9.17) is 4.74 Å². The van der Waals surface area contributed by atoms with Crippen molar-refractivity contribution in [1.82, 2.24) is 4.90 Å². The van der Waals surface area contributed by atoms with Crippen molar-refractivity contribution in [3.63, 3.8) is 0 Å². The van der Waals surface area contributed by atoms with Gasteiger partial charge in [-0.2, -0.15) is 0 Å². The normalized spacial score (nSPS) is 15.1.